The summed E-state index contributed by atoms with van der Waals surface area (Å²) in [5.74, 6) is 2.82. The second-order valence-corrected chi connectivity index (χ2v) is 9.28. The van der Waals surface area contributed by atoms with Gasteiger partial charge in [-0.15, -0.1) is 0 Å². The first kappa shape index (κ1) is 20.0. The number of pyridine rings is 1. The van der Waals surface area contributed by atoms with Crippen LogP contribution in [0.2, 0.25) is 0 Å². The molecule has 0 aromatic carbocycles. The van der Waals surface area contributed by atoms with E-state index in [0.29, 0.717) is 4.47 Å². The second kappa shape index (κ2) is 6.80. The fraction of sp³-hybridized carbons (Fsp3) is 0.500. The Balaban J connectivity index is 3.28. The summed E-state index contributed by atoms with van der Waals surface area (Å²) < 4.78 is 18.7. The molecule has 1 aromatic heterocycles. The van der Waals surface area contributed by atoms with Gasteiger partial charge in [-0.1, -0.05) is 0 Å². The molecule has 1 aromatic rings. The third-order valence-electron chi connectivity index (χ3n) is 2.59. The summed E-state index contributed by atoms with van der Waals surface area (Å²) in [6, 6.07) is 3.02. The smallest absolute Gasteiger partial charge is 0.441 e. The minimum Gasteiger partial charge on any atom is -0.441 e. The summed E-state index contributed by atoms with van der Waals surface area (Å²) in [7, 11) is -3.47. The monoisotopic (exact) mass is 356 g/mol. The highest BCUT2D eigenvalue weighted by Gasteiger charge is 2.36. The lowest BCUT2D eigenvalue weighted by atomic mass is 9.98. The van der Waals surface area contributed by atoms with Gasteiger partial charge < -0.3 is 9.57 Å². The third-order valence-corrected chi connectivity index (χ3v) is 4.33. The zero-order valence-corrected chi connectivity index (χ0v) is 15.7. The van der Waals surface area contributed by atoms with Gasteiger partial charge in [-0.05, 0) is 64.0 Å². The number of amides is 1. The average Bonchev–Trinajstić information content (AvgIpc) is 2.42. The Morgan fingerprint density at radius 3 is 2.21 bits per heavy atom. The molecule has 0 spiro atoms. The molecule has 1 heterocycles. The van der Waals surface area contributed by atoms with Gasteiger partial charge in [-0.25, -0.2) is 13.8 Å². The fourth-order valence-corrected chi connectivity index (χ4v) is 2.54. The van der Waals surface area contributed by atoms with Gasteiger partial charge in [0.1, 0.15) is 15.3 Å². The quantitative estimate of drug-likeness (QED) is 0.598. The van der Waals surface area contributed by atoms with E-state index in [1.165, 1.54) is 18.5 Å². The van der Waals surface area contributed by atoms with Gasteiger partial charge in [0.05, 0.1) is 10.3 Å². The van der Waals surface area contributed by atoms with Crippen molar-refractivity contribution in [2.75, 3.05) is 0 Å². The molecule has 0 aliphatic rings. The molecule has 0 N–H and O–H groups in total. The van der Waals surface area contributed by atoms with E-state index >= 15 is 0 Å². The van der Waals surface area contributed by atoms with Crippen molar-refractivity contribution in [1.82, 2.24) is 9.45 Å². The average molecular weight is 356 g/mol. The Hall–Kier alpha value is -2.09. The van der Waals surface area contributed by atoms with Crippen LogP contribution in [0, 0.1) is 5.41 Å². The molecular formula is C16H24N2O5S. The zero-order chi connectivity index (χ0) is 18.8. The van der Waals surface area contributed by atoms with Gasteiger partial charge in [0.25, 0.3) is 0 Å². The maximum atomic E-state index is 13.1. The van der Waals surface area contributed by atoms with Gasteiger partial charge in [0.15, 0.2) is 0 Å². The van der Waals surface area contributed by atoms with Gasteiger partial charge in [0, 0.05) is 12.4 Å². The standard InChI is InChI=1S/C16H24N2O5S/c1-15(2,3)13(19)23-18(14(20)22-16(4,5)6)24(7,21)12-9-8-10-17-11-12/h8-11H,7H2,1-6H3. The number of aromatic nitrogens is 1. The molecule has 0 radical (unpaired) electrons. The van der Waals surface area contributed by atoms with E-state index in [0.717, 1.165) is 0 Å². The predicted molar refractivity (Wildman–Crippen MR) is 91.4 cm³/mol. The molecule has 1 atom stereocenters. The van der Waals surface area contributed by atoms with Gasteiger partial charge in [-0.2, -0.15) is 0 Å². The summed E-state index contributed by atoms with van der Waals surface area (Å²) in [6.45, 7) is 9.75. The molecule has 0 aliphatic heterocycles. The number of hydrogen-bond donors (Lipinski definition) is 0. The molecule has 1 amide bonds. The minimum atomic E-state index is -3.47. The second-order valence-electron chi connectivity index (χ2n) is 7.20. The van der Waals surface area contributed by atoms with Crippen LogP contribution in [0.5, 0.6) is 0 Å². The Morgan fingerprint density at radius 1 is 1.21 bits per heavy atom. The largest absolute Gasteiger partial charge is 0.456 e. The van der Waals surface area contributed by atoms with Crippen LogP contribution in [0.25, 0.3) is 0 Å². The van der Waals surface area contributed by atoms with E-state index in [1.54, 1.807) is 47.6 Å². The minimum absolute atomic E-state index is 0.137. The third kappa shape index (κ3) is 5.23. The molecule has 0 fully saturated rings. The van der Waals surface area contributed by atoms with Crippen LogP contribution in [0.15, 0.2) is 29.4 Å². The lowest BCUT2D eigenvalue weighted by Crippen LogP contribution is -2.44. The van der Waals surface area contributed by atoms with Crippen molar-refractivity contribution in [3.63, 3.8) is 0 Å². The number of ether oxygens (including phenoxy) is 1. The number of rotatable bonds is 2. The van der Waals surface area contributed by atoms with E-state index in [-0.39, 0.29) is 4.90 Å². The van der Waals surface area contributed by atoms with Crippen molar-refractivity contribution in [1.29, 1.82) is 0 Å². The first-order valence-electron chi connectivity index (χ1n) is 7.28. The normalized spacial score (nSPS) is 14.4. The van der Waals surface area contributed by atoms with E-state index in [4.69, 9.17) is 9.57 Å². The van der Waals surface area contributed by atoms with Crippen LogP contribution in [0.1, 0.15) is 41.5 Å². The molecule has 0 bridgehead atoms. The summed E-state index contributed by atoms with van der Waals surface area (Å²) in [6.07, 6.45) is 1.71. The molecule has 1 unspecified atom stereocenters. The molecule has 7 nitrogen and oxygen atoms in total. The van der Waals surface area contributed by atoms with Crippen LogP contribution in [-0.2, 0) is 24.1 Å². The number of carbonyl (C=O) groups excluding carboxylic acids is 2. The molecule has 134 valence electrons. The lowest BCUT2D eigenvalue weighted by Gasteiger charge is -2.29. The van der Waals surface area contributed by atoms with Crippen LogP contribution in [-0.4, -0.2) is 37.2 Å². The molecule has 1 rings (SSSR count). The zero-order valence-electron chi connectivity index (χ0n) is 14.9. The summed E-state index contributed by atoms with van der Waals surface area (Å²) in [5.41, 5.74) is -1.78. The SMILES string of the molecule is C=S(=O)(c1cccnc1)N(OC(=O)C(C)(C)C)C(=O)OC(C)(C)C. The highest BCUT2D eigenvalue weighted by Crippen LogP contribution is 2.23. The van der Waals surface area contributed by atoms with Gasteiger partial charge in [-0.3, -0.25) is 4.98 Å². The van der Waals surface area contributed by atoms with Gasteiger partial charge >= 0.3 is 12.1 Å². The van der Waals surface area contributed by atoms with Crippen molar-refractivity contribution < 1.29 is 23.4 Å². The topological polar surface area (TPSA) is 85.8 Å². The van der Waals surface area contributed by atoms with Crippen LogP contribution in [0.3, 0.4) is 0 Å². The Bertz CT molecular complexity index is 700. The first-order chi connectivity index (χ1) is 10.7. The number of hydroxylamine groups is 1. The van der Waals surface area contributed by atoms with Crippen molar-refractivity contribution in [3.05, 3.63) is 24.5 Å². The lowest BCUT2D eigenvalue weighted by molar-refractivity contribution is -0.176. The number of hydrogen-bond acceptors (Lipinski definition) is 6. The van der Waals surface area contributed by atoms with E-state index in [9.17, 15) is 13.8 Å². The summed E-state index contributed by atoms with van der Waals surface area (Å²) in [4.78, 5) is 33.7. The van der Waals surface area contributed by atoms with Gasteiger partial charge in [0.2, 0.25) is 0 Å². The number of carbonyl (C=O) groups is 2. The predicted octanol–water partition coefficient (Wildman–Crippen LogP) is 2.81. The highest BCUT2D eigenvalue weighted by atomic mass is 32.2. The Labute approximate surface area is 143 Å². The molecule has 0 saturated carbocycles. The van der Waals surface area contributed by atoms with Crippen molar-refractivity contribution in [2.45, 2.75) is 52.0 Å². The maximum Gasteiger partial charge on any atom is 0.456 e. The van der Waals surface area contributed by atoms with Crippen molar-refractivity contribution >= 4 is 27.6 Å². The molecular weight excluding hydrogens is 332 g/mol. The highest BCUT2D eigenvalue weighted by molar-refractivity contribution is 7.98. The Morgan fingerprint density at radius 2 is 1.79 bits per heavy atom. The number of nitrogens with zero attached hydrogens (tertiary/aromatic N) is 2. The molecule has 24 heavy (non-hydrogen) atoms. The van der Waals surface area contributed by atoms with Crippen LogP contribution >= 0.6 is 0 Å². The van der Waals surface area contributed by atoms with Crippen molar-refractivity contribution in [2.24, 2.45) is 5.41 Å². The van der Waals surface area contributed by atoms with Crippen LogP contribution < -0.4 is 0 Å². The summed E-state index contributed by atoms with van der Waals surface area (Å²) in [5, 5.41) is 0. The molecule has 0 aliphatic carbocycles. The van der Waals surface area contributed by atoms with E-state index < -0.39 is 32.8 Å². The first-order valence-corrected chi connectivity index (χ1v) is 8.96. The Kier molecular flexibility index (Phi) is 5.66. The van der Waals surface area contributed by atoms with Crippen molar-refractivity contribution in [3.8, 4) is 0 Å². The molecule has 8 heteroatoms. The fourth-order valence-electron chi connectivity index (χ4n) is 1.36. The van der Waals surface area contributed by atoms with Crippen LogP contribution in [0.4, 0.5) is 4.79 Å². The van der Waals surface area contributed by atoms with E-state index in [2.05, 4.69) is 10.9 Å². The molecule has 0 saturated heterocycles. The maximum absolute atomic E-state index is 13.1. The van der Waals surface area contributed by atoms with E-state index in [1.807, 2.05) is 0 Å². The summed E-state index contributed by atoms with van der Waals surface area (Å²) >= 11 is 0.